The van der Waals surface area contributed by atoms with E-state index in [-0.39, 0.29) is 11.9 Å². The first-order chi connectivity index (χ1) is 7.66. The highest BCUT2D eigenvalue weighted by Crippen LogP contribution is 2.29. The van der Waals surface area contributed by atoms with E-state index in [1.54, 1.807) is 6.07 Å². The van der Waals surface area contributed by atoms with Gasteiger partial charge in [-0.05, 0) is 35.9 Å². The maximum absolute atomic E-state index is 12.9. The average Bonchev–Trinajstić information content (AvgIpc) is 2.43. The number of halogens is 2. The van der Waals surface area contributed by atoms with E-state index in [1.165, 1.54) is 17.9 Å². The maximum atomic E-state index is 12.9. The molecule has 1 aromatic carbocycles. The quantitative estimate of drug-likeness (QED) is 0.829. The van der Waals surface area contributed by atoms with Crippen molar-refractivity contribution >= 4 is 23.4 Å². The Labute approximate surface area is 105 Å². The number of rotatable bonds is 1. The van der Waals surface area contributed by atoms with Gasteiger partial charge in [-0.15, -0.1) is 0 Å². The summed E-state index contributed by atoms with van der Waals surface area (Å²) in [5.74, 6) is 2.57. The van der Waals surface area contributed by atoms with Crippen LogP contribution in [0.3, 0.4) is 0 Å². The van der Waals surface area contributed by atoms with Gasteiger partial charge in [-0.2, -0.15) is 11.8 Å². The molecule has 1 aliphatic rings. The van der Waals surface area contributed by atoms with Crippen molar-refractivity contribution in [2.24, 2.45) is 5.92 Å². The largest absolute Gasteiger partial charge is 0.309 e. The van der Waals surface area contributed by atoms with Crippen LogP contribution in [-0.2, 0) is 0 Å². The second kappa shape index (κ2) is 5.39. The summed E-state index contributed by atoms with van der Waals surface area (Å²) in [5, 5.41) is 4.00. The summed E-state index contributed by atoms with van der Waals surface area (Å²) in [6, 6.07) is 4.88. The topological polar surface area (TPSA) is 12.0 Å². The lowest BCUT2D eigenvalue weighted by Crippen LogP contribution is -2.25. The lowest BCUT2D eigenvalue weighted by Gasteiger charge is -2.17. The Bertz CT molecular complexity index is 372. The fraction of sp³-hybridized carbons (Fsp3) is 0.500. The monoisotopic (exact) mass is 259 g/mol. The molecule has 4 heteroatoms. The second-order valence-electron chi connectivity index (χ2n) is 4.27. The third-order valence-corrected chi connectivity index (χ3v) is 4.44. The molecular weight excluding hydrogens is 245 g/mol. The van der Waals surface area contributed by atoms with Gasteiger partial charge >= 0.3 is 0 Å². The summed E-state index contributed by atoms with van der Waals surface area (Å²) in [4.78, 5) is 0. The first-order valence-electron chi connectivity index (χ1n) is 5.43. The molecule has 2 rings (SSSR count). The van der Waals surface area contributed by atoms with Crippen LogP contribution >= 0.6 is 23.4 Å². The number of hydrogen-bond acceptors (Lipinski definition) is 2. The molecule has 0 amide bonds. The van der Waals surface area contributed by atoms with Crippen LogP contribution in [0.2, 0.25) is 5.02 Å². The molecule has 2 atom stereocenters. The van der Waals surface area contributed by atoms with E-state index in [1.807, 2.05) is 11.8 Å². The number of nitrogens with one attached hydrogen (secondary N) is 1. The number of thioether (sulfide) groups is 1. The van der Waals surface area contributed by atoms with Gasteiger partial charge in [0, 0.05) is 16.8 Å². The zero-order valence-electron chi connectivity index (χ0n) is 9.17. The molecule has 16 heavy (non-hydrogen) atoms. The van der Waals surface area contributed by atoms with Crippen molar-refractivity contribution in [2.45, 2.75) is 13.0 Å². The van der Waals surface area contributed by atoms with Crippen molar-refractivity contribution in [3.8, 4) is 0 Å². The summed E-state index contributed by atoms with van der Waals surface area (Å²) in [6.45, 7) is 3.22. The van der Waals surface area contributed by atoms with Crippen LogP contribution < -0.4 is 5.32 Å². The molecule has 1 heterocycles. The van der Waals surface area contributed by atoms with Gasteiger partial charge in [-0.25, -0.2) is 4.39 Å². The number of hydrogen-bond donors (Lipinski definition) is 1. The van der Waals surface area contributed by atoms with Crippen molar-refractivity contribution in [1.29, 1.82) is 0 Å². The molecule has 1 fully saturated rings. The van der Waals surface area contributed by atoms with Gasteiger partial charge in [-0.3, -0.25) is 0 Å². The fourth-order valence-electron chi connectivity index (χ4n) is 1.83. The Morgan fingerprint density at radius 1 is 1.44 bits per heavy atom. The molecular formula is C12H15ClFNS. The zero-order valence-corrected chi connectivity index (χ0v) is 10.7. The lowest BCUT2D eigenvalue weighted by molar-refractivity contribution is 0.517. The molecule has 88 valence electrons. The van der Waals surface area contributed by atoms with E-state index >= 15 is 0 Å². The third kappa shape index (κ3) is 2.90. The smallest absolute Gasteiger partial charge is 0.124 e. The average molecular weight is 260 g/mol. The van der Waals surface area contributed by atoms with Gasteiger partial charge in [0.2, 0.25) is 0 Å². The van der Waals surface area contributed by atoms with Gasteiger partial charge in [0.15, 0.2) is 0 Å². The second-order valence-corrected chi connectivity index (χ2v) is 5.75. The van der Waals surface area contributed by atoms with Crippen LogP contribution in [0.25, 0.3) is 0 Å². The first-order valence-corrected chi connectivity index (χ1v) is 6.96. The van der Waals surface area contributed by atoms with Crippen LogP contribution in [0, 0.1) is 11.7 Å². The van der Waals surface area contributed by atoms with Crippen molar-refractivity contribution in [2.75, 3.05) is 18.1 Å². The van der Waals surface area contributed by atoms with Crippen LogP contribution in [0.15, 0.2) is 18.2 Å². The highest BCUT2D eigenvalue weighted by atomic mass is 35.5. The van der Waals surface area contributed by atoms with Gasteiger partial charge in [-0.1, -0.05) is 24.6 Å². The van der Waals surface area contributed by atoms with Crippen LogP contribution in [-0.4, -0.2) is 18.1 Å². The molecule has 1 aliphatic heterocycles. The normalized spacial score (nSPS) is 26.4. The SMILES string of the molecule is CC1CNC(c2ccc(F)cc2Cl)CSC1. The Kier molecular flexibility index (Phi) is 4.11. The van der Waals surface area contributed by atoms with E-state index in [0.29, 0.717) is 10.9 Å². The van der Waals surface area contributed by atoms with Crippen LogP contribution in [0.1, 0.15) is 18.5 Å². The summed E-state index contributed by atoms with van der Waals surface area (Å²) < 4.78 is 12.9. The van der Waals surface area contributed by atoms with E-state index in [9.17, 15) is 4.39 Å². The van der Waals surface area contributed by atoms with Gasteiger partial charge < -0.3 is 5.32 Å². The Balaban J connectivity index is 2.16. The lowest BCUT2D eigenvalue weighted by atomic mass is 10.1. The minimum atomic E-state index is -0.275. The Hall–Kier alpha value is -0.250. The Morgan fingerprint density at radius 2 is 2.25 bits per heavy atom. The summed E-state index contributed by atoms with van der Waals surface area (Å²) in [6.07, 6.45) is 0. The van der Waals surface area contributed by atoms with Crippen molar-refractivity contribution < 1.29 is 4.39 Å². The van der Waals surface area contributed by atoms with E-state index < -0.39 is 0 Å². The van der Waals surface area contributed by atoms with Crippen molar-refractivity contribution in [1.82, 2.24) is 5.32 Å². The molecule has 0 aromatic heterocycles. The van der Waals surface area contributed by atoms with Gasteiger partial charge in [0.25, 0.3) is 0 Å². The maximum Gasteiger partial charge on any atom is 0.124 e. The van der Waals surface area contributed by atoms with Gasteiger partial charge in [0.1, 0.15) is 5.82 Å². The first kappa shape index (κ1) is 12.2. The van der Waals surface area contributed by atoms with Crippen LogP contribution in [0.4, 0.5) is 4.39 Å². The predicted octanol–water partition coefficient (Wildman–Crippen LogP) is 3.49. The van der Waals surface area contributed by atoms with Crippen molar-refractivity contribution in [3.63, 3.8) is 0 Å². The molecule has 0 aliphatic carbocycles. The molecule has 1 saturated heterocycles. The molecule has 1 aromatic rings. The minimum Gasteiger partial charge on any atom is -0.309 e. The molecule has 0 spiro atoms. The zero-order chi connectivity index (χ0) is 11.5. The summed E-state index contributed by atoms with van der Waals surface area (Å²) in [5.41, 5.74) is 1.00. The Morgan fingerprint density at radius 3 is 3.00 bits per heavy atom. The highest BCUT2D eigenvalue weighted by Gasteiger charge is 2.19. The fourth-order valence-corrected chi connectivity index (χ4v) is 3.32. The van der Waals surface area contributed by atoms with Crippen LogP contribution in [0.5, 0.6) is 0 Å². The summed E-state index contributed by atoms with van der Waals surface area (Å²) >= 11 is 7.99. The van der Waals surface area contributed by atoms with E-state index in [2.05, 4.69) is 12.2 Å². The molecule has 1 nitrogen and oxygen atoms in total. The standard InChI is InChI=1S/C12H15ClFNS/c1-8-5-15-12(7-16-6-8)10-3-2-9(14)4-11(10)13/h2-4,8,12,15H,5-7H2,1H3. The molecule has 1 N–H and O–H groups in total. The predicted molar refractivity (Wildman–Crippen MR) is 68.6 cm³/mol. The molecule has 0 bridgehead atoms. The molecule has 0 radical (unpaired) electrons. The van der Waals surface area contributed by atoms with Gasteiger partial charge in [0.05, 0.1) is 0 Å². The molecule has 0 saturated carbocycles. The number of benzene rings is 1. The van der Waals surface area contributed by atoms with E-state index in [4.69, 9.17) is 11.6 Å². The third-order valence-electron chi connectivity index (χ3n) is 2.74. The highest BCUT2D eigenvalue weighted by molar-refractivity contribution is 7.99. The van der Waals surface area contributed by atoms with E-state index in [0.717, 1.165) is 17.9 Å². The summed E-state index contributed by atoms with van der Waals surface area (Å²) in [7, 11) is 0. The van der Waals surface area contributed by atoms with Crippen molar-refractivity contribution in [3.05, 3.63) is 34.6 Å². The minimum absolute atomic E-state index is 0.239. The molecule has 2 unspecified atom stereocenters.